The van der Waals surface area contributed by atoms with Crippen LogP contribution in [0.25, 0.3) is 39.4 Å². The van der Waals surface area contributed by atoms with Crippen molar-refractivity contribution in [2.75, 3.05) is 11.9 Å². The molecule has 7 nitrogen and oxygen atoms in total. The van der Waals surface area contributed by atoms with Crippen LogP contribution in [0.15, 0.2) is 67.0 Å². The smallest absolute Gasteiger partial charge is 0.408 e. The summed E-state index contributed by atoms with van der Waals surface area (Å²) in [7, 11) is 1.95. The number of alkyl carbamates (subject to hydrolysis) is 1. The number of ether oxygens (including phenoxy) is 1. The highest BCUT2D eigenvalue weighted by Crippen LogP contribution is 2.43. The second kappa shape index (κ2) is 10.9. The molecule has 0 saturated carbocycles. The van der Waals surface area contributed by atoms with Gasteiger partial charge in [-0.2, -0.15) is 0 Å². The minimum Gasteiger partial charge on any atom is -0.444 e. The Labute approximate surface area is 221 Å². The Hall–Kier alpha value is -4.46. The van der Waals surface area contributed by atoms with E-state index < -0.39 is 11.7 Å². The average molecular weight is 515 g/mol. The average Bonchev–Trinajstić information content (AvgIpc) is 3.16. The lowest BCUT2D eigenvalue weighted by atomic mass is 9.97. The summed E-state index contributed by atoms with van der Waals surface area (Å²) in [5.41, 5.74) is 5.35. The molecule has 0 radical (unpaired) electrons. The molecule has 4 aromatic rings. The van der Waals surface area contributed by atoms with Crippen molar-refractivity contribution in [1.29, 1.82) is 0 Å². The molecule has 2 aromatic carbocycles. The lowest BCUT2D eigenvalue weighted by molar-refractivity contribution is -0.115. The number of aryl methyl sites for hydroxylation is 1. The van der Waals surface area contributed by atoms with Gasteiger partial charge in [-0.3, -0.25) is 9.78 Å². The van der Waals surface area contributed by atoms with E-state index in [9.17, 15) is 14.0 Å². The van der Waals surface area contributed by atoms with Crippen LogP contribution in [-0.4, -0.2) is 33.7 Å². The van der Waals surface area contributed by atoms with Gasteiger partial charge in [-0.05, 0) is 81.3 Å². The Morgan fingerprint density at radius 3 is 2.34 bits per heavy atom. The van der Waals surface area contributed by atoms with Crippen LogP contribution in [0.5, 0.6) is 0 Å². The summed E-state index contributed by atoms with van der Waals surface area (Å²) in [5.74, 6) is -0.694. The van der Waals surface area contributed by atoms with Crippen LogP contribution < -0.4 is 10.6 Å². The number of rotatable bonds is 6. The molecule has 0 spiro atoms. The SMILES string of the molecule is CC=Cc1c(NC(=O)CNC(=O)OC(C)(C)C)ccc2c(-c3ccncc3)c(-c3ccc(F)cc3)n(C)c12. The predicted molar refractivity (Wildman–Crippen MR) is 149 cm³/mol. The highest BCUT2D eigenvalue weighted by molar-refractivity contribution is 6.10. The van der Waals surface area contributed by atoms with E-state index in [0.29, 0.717) is 5.69 Å². The predicted octanol–water partition coefficient (Wildman–Crippen LogP) is 6.54. The number of carbonyl (C=O) groups is 2. The van der Waals surface area contributed by atoms with Gasteiger partial charge in [0.25, 0.3) is 0 Å². The van der Waals surface area contributed by atoms with Crippen LogP contribution in [-0.2, 0) is 16.6 Å². The molecule has 38 heavy (non-hydrogen) atoms. The fourth-order valence-electron chi connectivity index (χ4n) is 4.44. The number of nitrogens with one attached hydrogen (secondary N) is 2. The number of hydrogen-bond acceptors (Lipinski definition) is 4. The molecule has 4 rings (SSSR count). The summed E-state index contributed by atoms with van der Waals surface area (Å²) in [4.78, 5) is 28.9. The minimum atomic E-state index is -0.662. The fourth-order valence-corrected chi connectivity index (χ4v) is 4.44. The first kappa shape index (κ1) is 26.6. The zero-order chi connectivity index (χ0) is 27.4. The highest BCUT2D eigenvalue weighted by Gasteiger charge is 2.22. The molecule has 0 atom stereocenters. The highest BCUT2D eigenvalue weighted by atomic mass is 19.1. The van der Waals surface area contributed by atoms with Gasteiger partial charge in [0.05, 0.1) is 16.9 Å². The van der Waals surface area contributed by atoms with Gasteiger partial charge in [0, 0.05) is 36.0 Å². The molecule has 0 saturated heterocycles. The van der Waals surface area contributed by atoms with Crippen molar-refractivity contribution in [3.8, 4) is 22.4 Å². The Morgan fingerprint density at radius 1 is 1.03 bits per heavy atom. The maximum absolute atomic E-state index is 13.8. The number of hydrogen-bond donors (Lipinski definition) is 2. The third kappa shape index (κ3) is 5.75. The van der Waals surface area contributed by atoms with Crippen LogP contribution in [0, 0.1) is 5.82 Å². The van der Waals surface area contributed by atoms with E-state index in [1.165, 1.54) is 12.1 Å². The van der Waals surface area contributed by atoms with Crippen LogP contribution in [0.2, 0.25) is 0 Å². The summed E-state index contributed by atoms with van der Waals surface area (Å²) < 4.78 is 21.0. The van der Waals surface area contributed by atoms with Crippen molar-refractivity contribution < 1.29 is 18.7 Å². The van der Waals surface area contributed by atoms with E-state index in [1.807, 2.05) is 50.4 Å². The van der Waals surface area contributed by atoms with Gasteiger partial charge in [-0.1, -0.05) is 18.2 Å². The normalized spacial score (nSPS) is 11.6. The zero-order valence-corrected chi connectivity index (χ0v) is 22.1. The van der Waals surface area contributed by atoms with Gasteiger partial charge in [0.15, 0.2) is 0 Å². The first-order valence-corrected chi connectivity index (χ1v) is 12.3. The molecular weight excluding hydrogens is 483 g/mol. The van der Waals surface area contributed by atoms with Crippen LogP contribution in [0.4, 0.5) is 14.9 Å². The minimum absolute atomic E-state index is 0.238. The third-order valence-electron chi connectivity index (χ3n) is 5.88. The molecule has 0 bridgehead atoms. The molecule has 0 aliphatic rings. The van der Waals surface area contributed by atoms with Crippen molar-refractivity contribution >= 4 is 34.7 Å². The largest absolute Gasteiger partial charge is 0.444 e. The first-order chi connectivity index (χ1) is 18.1. The Bertz CT molecular complexity index is 1500. The molecule has 2 amide bonds. The molecule has 2 heterocycles. The monoisotopic (exact) mass is 514 g/mol. The Morgan fingerprint density at radius 2 is 1.71 bits per heavy atom. The summed E-state index contributed by atoms with van der Waals surface area (Å²) in [6.07, 6.45) is 6.65. The van der Waals surface area contributed by atoms with E-state index in [0.717, 1.165) is 38.9 Å². The number of benzene rings is 2. The molecule has 2 N–H and O–H groups in total. The fraction of sp³-hybridized carbons (Fsp3) is 0.233. The van der Waals surface area contributed by atoms with E-state index >= 15 is 0 Å². The number of fused-ring (bicyclic) bond motifs is 1. The van der Waals surface area contributed by atoms with Gasteiger partial charge in [-0.15, -0.1) is 0 Å². The van der Waals surface area contributed by atoms with E-state index in [1.54, 1.807) is 45.3 Å². The lowest BCUT2D eigenvalue weighted by Gasteiger charge is -2.19. The van der Waals surface area contributed by atoms with Crippen LogP contribution in [0.3, 0.4) is 0 Å². The molecule has 0 aliphatic heterocycles. The van der Waals surface area contributed by atoms with Crippen molar-refractivity contribution in [1.82, 2.24) is 14.9 Å². The quantitative estimate of drug-likeness (QED) is 0.306. The number of nitrogens with zero attached hydrogens (tertiary/aromatic N) is 2. The number of amides is 2. The second-order valence-electron chi connectivity index (χ2n) is 9.85. The molecule has 0 aliphatic carbocycles. The molecule has 196 valence electrons. The summed E-state index contributed by atoms with van der Waals surface area (Å²) in [6.45, 7) is 6.93. The zero-order valence-electron chi connectivity index (χ0n) is 22.1. The Kier molecular flexibility index (Phi) is 7.62. The Balaban J connectivity index is 1.80. The van der Waals surface area contributed by atoms with Gasteiger partial charge in [-0.25, -0.2) is 9.18 Å². The number of anilines is 1. The maximum Gasteiger partial charge on any atom is 0.408 e. The summed E-state index contributed by atoms with van der Waals surface area (Å²) >= 11 is 0. The van der Waals surface area contributed by atoms with Crippen molar-refractivity contribution in [2.45, 2.75) is 33.3 Å². The van der Waals surface area contributed by atoms with E-state index in [4.69, 9.17) is 4.74 Å². The summed E-state index contributed by atoms with van der Waals surface area (Å²) in [5, 5.41) is 6.37. The number of carbonyl (C=O) groups excluding carboxylic acids is 2. The number of halogens is 1. The molecular formula is C30H31FN4O3. The lowest BCUT2D eigenvalue weighted by Crippen LogP contribution is -2.37. The number of aromatic nitrogens is 2. The van der Waals surface area contributed by atoms with E-state index in [2.05, 4.69) is 20.2 Å². The van der Waals surface area contributed by atoms with Gasteiger partial charge < -0.3 is 19.9 Å². The molecule has 2 aromatic heterocycles. The summed E-state index contributed by atoms with van der Waals surface area (Å²) in [6, 6.07) is 14.1. The van der Waals surface area contributed by atoms with Crippen LogP contribution >= 0.6 is 0 Å². The molecule has 0 fully saturated rings. The van der Waals surface area contributed by atoms with Gasteiger partial charge in [0.2, 0.25) is 5.91 Å². The maximum atomic E-state index is 13.8. The topological polar surface area (TPSA) is 85.2 Å². The van der Waals surface area contributed by atoms with Crippen molar-refractivity contribution in [3.05, 3.63) is 78.4 Å². The van der Waals surface area contributed by atoms with Gasteiger partial charge >= 0.3 is 6.09 Å². The van der Waals surface area contributed by atoms with Crippen molar-refractivity contribution in [3.63, 3.8) is 0 Å². The van der Waals surface area contributed by atoms with Crippen LogP contribution in [0.1, 0.15) is 33.3 Å². The second-order valence-corrected chi connectivity index (χ2v) is 9.85. The number of allylic oxidation sites excluding steroid dienone is 1. The standard InChI is InChI=1S/C30H31FN4O3/c1-6-7-22-24(34-25(36)18-33-29(37)38-30(2,3)4)13-12-23-26(19-14-16-32-17-15-19)27(35(5)28(22)23)20-8-10-21(31)11-9-20/h6-17H,18H2,1-5H3,(H,33,37)(H,34,36). The molecule has 8 heteroatoms. The van der Waals surface area contributed by atoms with Crippen molar-refractivity contribution in [2.24, 2.45) is 7.05 Å². The van der Waals surface area contributed by atoms with E-state index in [-0.39, 0.29) is 18.3 Å². The third-order valence-corrected chi connectivity index (χ3v) is 5.88. The molecule has 0 unspecified atom stereocenters. The van der Waals surface area contributed by atoms with Gasteiger partial charge in [0.1, 0.15) is 18.0 Å². The number of pyridine rings is 1. The first-order valence-electron chi connectivity index (χ1n) is 12.3.